The minimum Gasteiger partial charge on any atom is -0.330 e. The molecular formula is C13H20N2O. The lowest BCUT2D eigenvalue weighted by Gasteiger charge is -2.29. The van der Waals surface area contributed by atoms with Crippen LogP contribution in [0.4, 0.5) is 0 Å². The molecule has 2 aliphatic rings. The van der Waals surface area contributed by atoms with Gasteiger partial charge in [-0.3, -0.25) is 4.79 Å². The van der Waals surface area contributed by atoms with Gasteiger partial charge in [-0.1, -0.05) is 12.3 Å². The van der Waals surface area contributed by atoms with Crippen molar-refractivity contribution in [2.45, 2.75) is 38.1 Å². The van der Waals surface area contributed by atoms with E-state index in [4.69, 9.17) is 6.42 Å². The Labute approximate surface area is 97.6 Å². The molecule has 3 nitrogen and oxygen atoms in total. The summed E-state index contributed by atoms with van der Waals surface area (Å²) >= 11 is 0. The number of piperidine rings is 1. The Bertz CT molecular complexity index is 285. The minimum absolute atomic E-state index is 0.0147. The van der Waals surface area contributed by atoms with Crippen LogP contribution >= 0.6 is 0 Å². The maximum atomic E-state index is 12.2. The van der Waals surface area contributed by atoms with Gasteiger partial charge in [-0.25, -0.2) is 0 Å². The normalized spacial score (nSPS) is 24.8. The molecule has 1 heterocycles. The van der Waals surface area contributed by atoms with Gasteiger partial charge in [0, 0.05) is 6.54 Å². The summed E-state index contributed by atoms with van der Waals surface area (Å²) in [6, 6.07) is 0.0147. The van der Waals surface area contributed by atoms with Gasteiger partial charge < -0.3 is 10.2 Å². The number of hydrogen-bond acceptors (Lipinski definition) is 2. The minimum atomic E-state index is 0.0147. The molecule has 1 aliphatic carbocycles. The highest BCUT2D eigenvalue weighted by molar-refractivity contribution is 5.82. The van der Waals surface area contributed by atoms with Crippen LogP contribution in [0.2, 0.25) is 0 Å². The molecule has 1 atom stereocenters. The smallest absolute Gasteiger partial charge is 0.240 e. The van der Waals surface area contributed by atoms with Gasteiger partial charge in [0.25, 0.3) is 0 Å². The first-order valence-corrected chi connectivity index (χ1v) is 6.27. The van der Waals surface area contributed by atoms with Crippen molar-refractivity contribution in [2.24, 2.45) is 5.92 Å². The van der Waals surface area contributed by atoms with Crippen LogP contribution in [-0.2, 0) is 4.79 Å². The molecule has 3 heteroatoms. The van der Waals surface area contributed by atoms with Gasteiger partial charge in [0.1, 0.15) is 0 Å². The highest BCUT2D eigenvalue weighted by Gasteiger charge is 2.30. The fourth-order valence-electron chi connectivity index (χ4n) is 2.24. The Balaban J connectivity index is 1.89. The van der Waals surface area contributed by atoms with E-state index in [1.807, 2.05) is 4.90 Å². The van der Waals surface area contributed by atoms with Crippen molar-refractivity contribution in [2.75, 3.05) is 19.6 Å². The highest BCUT2D eigenvalue weighted by Crippen LogP contribution is 2.30. The molecule has 0 unspecified atom stereocenters. The molecule has 0 spiro atoms. The van der Waals surface area contributed by atoms with Crippen LogP contribution in [0.3, 0.4) is 0 Å². The van der Waals surface area contributed by atoms with Gasteiger partial charge in [0.2, 0.25) is 5.91 Å². The molecule has 88 valence electrons. The van der Waals surface area contributed by atoms with Gasteiger partial charge in [-0.2, -0.15) is 0 Å². The van der Waals surface area contributed by atoms with Crippen molar-refractivity contribution in [3.63, 3.8) is 0 Å². The number of carbonyl (C=O) groups is 1. The standard InChI is InChI=1S/C13H20N2O/c1-2-9-15(10-11-6-7-11)13(16)12-5-3-4-8-14-12/h1,11-12,14H,3-10H2/t12-/m1/s1. The van der Waals surface area contributed by atoms with E-state index >= 15 is 0 Å². The molecule has 0 aromatic carbocycles. The number of nitrogens with one attached hydrogen (secondary N) is 1. The first-order valence-electron chi connectivity index (χ1n) is 6.27. The topological polar surface area (TPSA) is 32.3 Å². The lowest BCUT2D eigenvalue weighted by Crippen LogP contribution is -2.49. The quantitative estimate of drug-likeness (QED) is 0.717. The molecule has 1 aliphatic heterocycles. The van der Waals surface area contributed by atoms with Crippen molar-refractivity contribution < 1.29 is 4.79 Å². The van der Waals surface area contributed by atoms with E-state index in [1.54, 1.807) is 0 Å². The lowest BCUT2D eigenvalue weighted by molar-refractivity contribution is -0.133. The number of hydrogen-bond donors (Lipinski definition) is 1. The second-order valence-electron chi connectivity index (χ2n) is 4.87. The van der Waals surface area contributed by atoms with Crippen LogP contribution in [0.5, 0.6) is 0 Å². The summed E-state index contributed by atoms with van der Waals surface area (Å²) in [5.41, 5.74) is 0. The molecule has 1 saturated heterocycles. The van der Waals surface area contributed by atoms with Gasteiger partial charge >= 0.3 is 0 Å². The van der Waals surface area contributed by atoms with Crippen LogP contribution < -0.4 is 5.32 Å². The third kappa shape index (κ3) is 2.99. The Morgan fingerprint density at radius 1 is 1.38 bits per heavy atom. The van der Waals surface area contributed by atoms with Crippen LogP contribution in [0.25, 0.3) is 0 Å². The molecule has 1 N–H and O–H groups in total. The maximum Gasteiger partial charge on any atom is 0.240 e. The monoisotopic (exact) mass is 220 g/mol. The molecule has 16 heavy (non-hydrogen) atoms. The van der Waals surface area contributed by atoms with Crippen molar-refractivity contribution in [3.05, 3.63) is 0 Å². The zero-order valence-corrected chi connectivity index (χ0v) is 9.74. The third-order valence-corrected chi connectivity index (χ3v) is 3.38. The van der Waals surface area contributed by atoms with E-state index in [2.05, 4.69) is 11.2 Å². The first-order chi connectivity index (χ1) is 7.81. The van der Waals surface area contributed by atoms with E-state index in [0.717, 1.165) is 25.9 Å². The fraction of sp³-hybridized carbons (Fsp3) is 0.769. The first kappa shape index (κ1) is 11.5. The zero-order chi connectivity index (χ0) is 11.4. The Hall–Kier alpha value is -1.01. The summed E-state index contributed by atoms with van der Waals surface area (Å²) in [5.74, 6) is 3.52. The number of amides is 1. The largest absolute Gasteiger partial charge is 0.330 e. The maximum absolute atomic E-state index is 12.2. The molecular weight excluding hydrogens is 200 g/mol. The summed E-state index contributed by atoms with van der Waals surface area (Å²) in [6.07, 6.45) is 11.1. The number of rotatable bonds is 4. The van der Waals surface area contributed by atoms with Crippen LogP contribution in [0.15, 0.2) is 0 Å². The summed E-state index contributed by atoms with van der Waals surface area (Å²) in [7, 11) is 0. The predicted octanol–water partition coefficient (Wildman–Crippen LogP) is 1.00. The number of terminal acetylenes is 1. The van der Waals surface area contributed by atoms with E-state index in [-0.39, 0.29) is 11.9 Å². The van der Waals surface area contributed by atoms with Gasteiger partial charge in [0.05, 0.1) is 12.6 Å². The molecule has 2 fully saturated rings. The number of nitrogens with zero attached hydrogens (tertiary/aromatic N) is 1. The van der Waals surface area contributed by atoms with Crippen molar-refractivity contribution >= 4 is 5.91 Å². The molecule has 0 radical (unpaired) electrons. The van der Waals surface area contributed by atoms with Gasteiger partial charge in [0.15, 0.2) is 0 Å². The third-order valence-electron chi connectivity index (χ3n) is 3.38. The summed E-state index contributed by atoms with van der Waals surface area (Å²) in [6.45, 7) is 2.29. The fourth-order valence-corrected chi connectivity index (χ4v) is 2.24. The molecule has 0 aromatic heterocycles. The average Bonchev–Trinajstić information content (AvgIpc) is 3.13. The van der Waals surface area contributed by atoms with E-state index in [0.29, 0.717) is 12.5 Å². The lowest BCUT2D eigenvalue weighted by atomic mass is 10.0. The Morgan fingerprint density at radius 2 is 2.19 bits per heavy atom. The zero-order valence-electron chi connectivity index (χ0n) is 9.74. The van der Waals surface area contributed by atoms with Crippen LogP contribution in [0, 0.1) is 18.3 Å². The molecule has 1 amide bonds. The summed E-state index contributed by atoms with van der Waals surface area (Å²) in [4.78, 5) is 14.1. The van der Waals surface area contributed by atoms with E-state index in [9.17, 15) is 4.79 Å². The van der Waals surface area contributed by atoms with Crippen molar-refractivity contribution in [1.82, 2.24) is 10.2 Å². The van der Waals surface area contributed by atoms with Crippen molar-refractivity contribution in [3.8, 4) is 12.3 Å². The second kappa shape index (κ2) is 5.36. The predicted molar refractivity (Wildman–Crippen MR) is 63.8 cm³/mol. The molecule has 2 rings (SSSR count). The molecule has 0 bridgehead atoms. The summed E-state index contributed by atoms with van der Waals surface area (Å²) < 4.78 is 0. The van der Waals surface area contributed by atoms with Gasteiger partial charge in [-0.15, -0.1) is 6.42 Å². The second-order valence-corrected chi connectivity index (χ2v) is 4.87. The molecule has 1 saturated carbocycles. The van der Waals surface area contributed by atoms with Crippen molar-refractivity contribution in [1.29, 1.82) is 0 Å². The SMILES string of the molecule is C#CCN(CC1CC1)C(=O)[C@H]1CCCCN1. The number of carbonyl (C=O) groups excluding carboxylic acids is 1. The average molecular weight is 220 g/mol. The van der Waals surface area contributed by atoms with Gasteiger partial charge in [-0.05, 0) is 38.1 Å². The van der Waals surface area contributed by atoms with Crippen LogP contribution in [0.1, 0.15) is 32.1 Å². The molecule has 0 aromatic rings. The Morgan fingerprint density at radius 3 is 2.75 bits per heavy atom. The van der Waals surface area contributed by atoms with Crippen LogP contribution in [-0.4, -0.2) is 36.5 Å². The van der Waals surface area contributed by atoms with E-state index in [1.165, 1.54) is 19.3 Å². The van der Waals surface area contributed by atoms with E-state index < -0.39 is 0 Å². The highest BCUT2D eigenvalue weighted by atomic mass is 16.2. The summed E-state index contributed by atoms with van der Waals surface area (Å²) in [5, 5.41) is 3.29. The Kier molecular flexibility index (Phi) is 3.84.